The summed E-state index contributed by atoms with van der Waals surface area (Å²) in [5.74, 6) is 5.83. The molecule has 1 aliphatic rings. The van der Waals surface area contributed by atoms with E-state index in [-0.39, 0.29) is 28.9 Å². The van der Waals surface area contributed by atoms with Crippen molar-refractivity contribution in [3.05, 3.63) is 46.5 Å². The van der Waals surface area contributed by atoms with Crippen LogP contribution in [0.1, 0.15) is 75.6 Å². The molecule has 1 aromatic rings. The monoisotopic (exact) mass is 379 g/mol. The zero-order valence-electron chi connectivity index (χ0n) is 18.2. The van der Waals surface area contributed by atoms with Gasteiger partial charge in [0.25, 0.3) is 0 Å². The topological polar surface area (TPSA) is 46.2 Å². The van der Waals surface area contributed by atoms with E-state index in [0.29, 0.717) is 19.4 Å². The Morgan fingerprint density at radius 2 is 2.00 bits per heavy atom. The molecule has 1 saturated carbocycles. The van der Waals surface area contributed by atoms with Crippen molar-refractivity contribution in [2.75, 3.05) is 6.54 Å². The predicted octanol–water partition coefficient (Wildman–Crippen LogP) is 4.71. The Labute approximate surface area is 170 Å². The Bertz CT molecular complexity index is 846. The quantitative estimate of drug-likeness (QED) is 0.595. The number of aryl methyl sites for hydroxylation is 2. The van der Waals surface area contributed by atoms with Crippen molar-refractivity contribution >= 4 is 11.7 Å². The third-order valence-electron chi connectivity index (χ3n) is 5.32. The highest BCUT2D eigenvalue weighted by atomic mass is 16.1. The maximum Gasteiger partial charge on any atom is 0.220 e. The van der Waals surface area contributed by atoms with Gasteiger partial charge in [-0.3, -0.25) is 9.59 Å². The summed E-state index contributed by atoms with van der Waals surface area (Å²) in [6.07, 6.45) is 1.56. The minimum Gasteiger partial charge on any atom is -0.356 e. The van der Waals surface area contributed by atoms with E-state index in [0.717, 1.165) is 34.2 Å². The van der Waals surface area contributed by atoms with Crippen LogP contribution in [-0.2, 0) is 16.0 Å². The number of carbonyl (C=O) groups excluding carboxylic acids is 2. The second kappa shape index (κ2) is 8.78. The number of ketones is 1. The number of rotatable bonds is 5. The molecule has 0 saturated heterocycles. The molecule has 0 spiro atoms. The van der Waals surface area contributed by atoms with Crippen molar-refractivity contribution in [2.45, 2.75) is 66.7 Å². The average Bonchev–Trinajstić information content (AvgIpc) is 2.86. The molecule has 1 amide bonds. The van der Waals surface area contributed by atoms with Crippen molar-refractivity contribution in [2.24, 2.45) is 11.3 Å². The van der Waals surface area contributed by atoms with Gasteiger partial charge in [0.2, 0.25) is 5.91 Å². The van der Waals surface area contributed by atoms with E-state index in [4.69, 9.17) is 0 Å². The first-order valence-electron chi connectivity index (χ1n) is 10.1. The van der Waals surface area contributed by atoms with E-state index in [1.54, 1.807) is 0 Å². The van der Waals surface area contributed by atoms with E-state index in [2.05, 4.69) is 63.6 Å². The molecule has 3 heteroatoms. The van der Waals surface area contributed by atoms with Crippen LogP contribution in [-0.4, -0.2) is 18.2 Å². The highest BCUT2D eigenvalue weighted by Crippen LogP contribution is 2.43. The van der Waals surface area contributed by atoms with E-state index >= 15 is 0 Å². The maximum absolute atomic E-state index is 12.9. The third-order valence-corrected chi connectivity index (χ3v) is 5.32. The minimum absolute atomic E-state index is 0.00414. The fourth-order valence-corrected chi connectivity index (χ4v) is 3.94. The van der Waals surface area contributed by atoms with Gasteiger partial charge in [0.05, 0.1) is 5.92 Å². The van der Waals surface area contributed by atoms with Crippen LogP contribution in [0.25, 0.3) is 0 Å². The first kappa shape index (κ1) is 22.0. The summed E-state index contributed by atoms with van der Waals surface area (Å²) in [6.45, 7) is 17.1. The molecule has 0 bridgehead atoms. The average molecular weight is 380 g/mol. The maximum atomic E-state index is 12.9. The number of nitrogens with one attached hydrogen (secondary N) is 1. The van der Waals surface area contributed by atoms with Gasteiger partial charge >= 0.3 is 0 Å². The molecule has 2 rings (SSSR count). The molecule has 0 radical (unpaired) electrons. The zero-order chi connectivity index (χ0) is 21.1. The van der Waals surface area contributed by atoms with Crippen LogP contribution in [0.5, 0.6) is 0 Å². The molecule has 1 aliphatic carbocycles. The number of hydrogen-bond acceptors (Lipinski definition) is 2. The van der Waals surface area contributed by atoms with Gasteiger partial charge in [-0.2, -0.15) is 0 Å². The molecule has 0 heterocycles. The van der Waals surface area contributed by atoms with Gasteiger partial charge < -0.3 is 5.32 Å². The largest absolute Gasteiger partial charge is 0.356 e. The lowest BCUT2D eigenvalue weighted by Gasteiger charge is -2.21. The lowest BCUT2D eigenvalue weighted by molar-refractivity contribution is -0.122. The van der Waals surface area contributed by atoms with Gasteiger partial charge in [-0.05, 0) is 60.4 Å². The Hall–Kier alpha value is -2.34. The Morgan fingerprint density at radius 1 is 1.32 bits per heavy atom. The van der Waals surface area contributed by atoms with Crippen LogP contribution in [0.2, 0.25) is 0 Å². The van der Waals surface area contributed by atoms with Gasteiger partial charge in [0.15, 0.2) is 0 Å². The summed E-state index contributed by atoms with van der Waals surface area (Å²) in [5.41, 5.74) is 5.19. The van der Waals surface area contributed by atoms with Crippen molar-refractivity contribution < 1.29 is 9.59 Å². The van der Waals surface area contributed by atoms with Crippen molar-refractivity contribution in [3.63, 3.8) is 0 Å². The number of allylic oxidation sites excluding steroid dienone is 1. The van der Waals surface area contributed by atoms with Crippen molar-refractivity contribution in [1.82, 2.24) is 5.32 Å². The third kappa shape index (κ3) is 5.13. The molecule has 28 heavy (non-hydrogen) atoms. The number of amides is 1. The van der Waals surface area contributed by atoms with Gasteiger partial charge in [0, 0.05) is 24.9 Å². The van der Waals surface area contributed by atoms with E-state index < -0.39 is 0 Å². The van der Waals surface area contributed by atoms with Crippen molar-refractivity contribution in [3.8, 4) is 11.8 Å². The fraction of sp³-hybridized carbons (Fsp3) is 0.520. The molecule has 150 valence electrons. The second-order valence-electron chi connectivity index (χ2n) is 9.01. The summed E-state index contributed by atoms with van der Waals surface area (Å²) >= 11 is 0. The summed E-state index contributed by atoms with van der Waals surface area (Å²) in [4.78, 5) is 25.3. The van der Waals surface area contributed by atoms with Crippen LogP contribution in [0.4, 0.5) is 0 Å². The smallest absolute Gasteiger partial charge is 0.220 e. The normalized spacial score (nSPS) is 19.4. The van der Waals surface area contributed by atoms with E-state index in [1.165, 1.54) is 0 Å². The van der Waals surface area contributed by atoms with Crippen LogP contribution < -0.4 is 5.32 Å². The van der Waals surface area contributed by atoms with Gasteiger partial charge in [-0.25, -0.2) is 0 Å². The number of hydrogen-bond donors (Lipinski definition) is 1. The Balaban J connectivity index is 2.24. The number of benzene rings is 1. The summed E-state index contributed by atoms with van der Waals surface area (Å²) in [6, 6.07) is 4.14. The van der Waals surface area contributed by atoms with Gasteiger partial charge in [0.1, 0.15) is 5.78 Å². The zero-order valence-corrected chi connectivity index (χ0v) is 18.2. The van der Waals surface area contributed by atoms with Gasteiger partial charge in [-0.15, -0.1) is 5.92 Å². The molecular weight excluding hydrogens is 346 g/mol. The summed E-state index contributed by atoms with van der Waals surface area (Å²) in [5, 5.41) is 2.99. The SMILES string of the molecule is C=C1C(CC(=O)NCC(C)(C)C)CC(=O)C1c1c(C)cc(C#CC)cc1CC. The molecule has 2 atom stereocenters. The first-order chi connectivity index (χ1) is 13.1. The molecule has 0 aromatic heterocycles. The summed E-state index contributed by atoms with van der Waals surface area (Å²) in [7, 11) is 0. The molecule has 2 unspecified atom stereocenters. The number of carbonyl (C=O) groups is 2. The fourth-order valence-electron chi connectivity index (χ4n) is 3.94. The lowest BCUT2D eigenvalue weighted by Crippen LogP contribution is -2.33. The second-order valence-corrected chi connectivity index (χ2v) is 9.01. The number of Topliss-reactive ketones (excluding diaryl/α,β-unsaturated/α-hetero) is 1. The highest BCUT2D eigenvalue weighted by Gasteiger charge is 2.39. The highest BCUT2D eigenvalue weighted by molar-refractivity contribution is 5.94. The lowest BCUT2D eigenvalue weighted by atomic mass is 9.83. The van der Waals surface area contributed by atoms with Crippen molar-refractivity contribution in [1.29, 1.82) is 0 Å². The Kier molecular flexibility index (Phi) is 6.88. The van der Waals surface area contributed by atoms with E-state index in [9.17, 15) is 9.59 Å². The molecule has 1 fully saturated rings. The van der Waals surface area contributed by atoms with E-state index in [1.807, 2.05) is 13.8 Å². The van der Waals surface area contributed by atoms with Crippen LogP contribution in [0.3, 0.4) is 0 Å². The standard InChI is InChI=1S/C25H33NO2/c1-8-10-18-11-16(3)23(19(9-2)12-18)24-17(4)20(13-21(24)27)14-22(28)26-15-25(5,6)7/h11-12,20,24H,4,9,13-15H2,1-3,5-7H3,(H,26,28). The molecule has 1 aromatic carbocycles. The molecule has 0 aliphatic heterocycles. The molecular formula is C25H33NO2. The van der Waals surface area contributed by atoms with Crippen LogP contribution in [0, 0.1) is 30.1 Å². The van der Waals surface area contributed by atoms with Crippen LogP contribution in [0.15, 0.2) is 24.3 Å². The first-order valence-corrected chi connectivity index (χ1v) is 10.1. The van der Waals surface area contributed by atoms with Gasteiger partial charge in [-0.1, -0.05) is 45.8 Å². The predicted molar refractivity (Wildman–Crippen MR) is 115 cm³/mol. The molecule has 1 N–H and O–H groups in total. The molecule has 3 nitrogen and oxygen atoms in total. The van der Waals surface area contributed by atoms with Crippen LogP contribution >= 0.6 is 0 Å². The minimum atomic E-state index is -0.306. The Morgan fingerprint density at radius 3 is 2.57 bits per heavy atom. The summed E-state index contributed by atoms with van der Waals surface area (Å²) < 4.78 is 0.